The Hall–Kier alpha value is -2.67. The minimum Gasteiger partial charge on any atom is -0.471 e. The van der Waals surface area contributed by atoms with Crippen LogP contribution >= 0.6 is 0 Å². The van der Waals surface area contributed by atoms with E-state index >= 15 is 0 Å². The predicted molar refractivity (Wildman–Crippen MR) is 101 cm³/mol. The molecule has 2 atom stereocenters. The van der Waals surface area contributed by atoms with E-state index in [4.69, 9.17) is 9.47 Å². The van der Waals surface area contributed by atoms with Crippen molar-refractivity contribution in [2.24, 2.45) is 0 Å². The highest BCUT2D eigenvalue weighted by Gasteiger charge is 2.35. The van der Waals surface area contributed by atoms with Crippen LogP contribution in [-0.2, 0) is 16.0 Å². The van der Waals surface area contributed by atoms with E-state index in [9.17, 15) is 4.79 Å². The molecule has 1 amide bonds. The molecule has 0 unspecified atom stereocenters. The smallest absolute Gasteiger partial charge is 0.256 e. The Morgan fingerprint density at radius 2 is 2.15 bits per heavy atom. The van der Waals surface area contributed by atoms with Crippen molar-refractivity contribution in [2.75, 3.05) is 38.7 Å². The normalized spacial score (nSPS) is 21.6. The number of hydrogen-bond acceptors (Lipinski definition) is 6. The van der Waals surface area contributed by atoms with E-state index in [0.29, 0.717) is 25.6 Å². The van der Waals surface area contributed by atoms with E-state index in [2.05, 4.69) is 16.0 Å². The van der Waals surface area contributed by atoms with Crippen LogP contribution in [-0.4, -0.2) is 60.7 Å². The summed E-state index contributed by atoms with van der Waals surface area (Å²) in [5, 5.41) is 0. The van der Waals surface area contributed by atoms with E-state index in [-0.39, 0.29) is 12.0 Å². The van der Waals surface area contributed by atoms with Crippen molar-refractivity contribution in [3.8, 4) is 5.88 Å². The van der Waals surface area contributed by atoms with E-state index in [1.165, 1.54) is 5.56 Å². The summed E-state index contributed by atoms with van der Waals surface area (Å²) >= 11 is 0. The van der Waals surface area contributed by atoms with E-state index in [1.54, 1.807) is 12.4 Å². The van der Waals surface area contributed by atoms with Crippen molar-refractivity contribution < 1.29 is 14.3 Å². The van der Waals surface area contributed by atoms with Crippen LogP contribution in [0.1, 0.15) is 23.7 Å². The van der Waals surface area contributed by atoms with Gasteiger partial charge in [0.2, 0.25) is 5.88 Å². The molecular formula is C20H24N4O3. The fourth-order valence-corrected chi connectivity index (χ4v) is 3.57. The van der Waals surface area contributed by atoms with Crippen LogP contribution in [0.15, 0.2) is 36.7 Å². The summed E-state index contributed by atoms with van der Waals surface area (Å²) in [5.74, 6) is 1.24. The first-order chi connectivity index (χ1) is 13.1. The second-order valence-electron chi connectivity index (χ2n) is 7.12. The summed E-state index contributed by atoms with van der Waals surface area (Å²) in [5.41, 5.74) is 2.19. The highest BCUT2D eigenvalue weighted by Crippen LogP contribution is 2.30. The molecule has 7 nitrogen and oxygen atoms in total. The molecule has 1 aromatic heterocycles. The SMILES string of the molecule is CN(C)c1cncc(O[C@@H]2CCN(C(=O)[C@@H]3OCCc4ccccc43)C2)n1. The summed E-state index contributed by atoms with van der Waals surface area (Å²) < 4.78 is 11.8. The minimum absolute atomic E-state index is 0.0152. The van der Waals surface area contributed by atoms with Gasteiger partial charge >= 0.3 is 0 Å². The summed E-state index contributed by atoms with van der Waals surface area (Å²) in [4.78, 5) is 25.3. The zero-order valence-electron chi connectivity index (χ0n) is 15.7. The number of carbonyl (C=O) groups excluding carboxylic acids is 1. The predicted octanol–water partition coefficient (Wildman–Crippen LogP) is 1.84. The maximum absolute atomic E-state index is 13.0. The molecule has 0 saturated carbocycles. The number of rotatable bonds is 4. The van der Waals surface area contributed by atoms with Gasteiger partial charge in [0.1, 0.15) is 6.10 Å². The van der Waals surface area contributed by atoms with Gasteiger partial charge in [-0.3, -0.25) is 9.78 Å². The van der Waals surface area contributed by atoms with Crippen molar-refractivity contribution in [1.29, 1.82) is 0 Å². The fourth-order valence-electron chi connectivity index (χ4n) is 3.57. The van der Waals surface area contributed by atoms with Gasteiger partial charge in [-0.1, -0.05) is 24.3 Å². The fraction of sp³-hybridized carbons (Fsp3) is 0.450. The highest BCUT2D eigenvalue weighted by molar-refractivity contribution is 5.83. The molecule has 2 aliphatic heterocycles. The summed E-state index contributed by atoms with van der Waals surface area (Å²) in [7, 11) is 3.82. The quantitative estimate of drug-likeness (QED) is 0.820. The molecule has 2 aromatic rings. The van der Waals surface area contributed by atoms with Gasteiger partial charge in [0, 0.05) is 27.1 Å². The lowest BCUT2D eigenvalue weighted by Crippen LogP contribution is -2.37. The number of nitrogens with zero attached hydrogens (tertiary/aromatic N) is 4. The Balaban J connectivity index is 1.41. The van der Waals surface area contributed by atoms with Crippen molar-refractivity contribution in [1.82, 2.24) is 14.9 Å². The number of fused-ring (bicyclic) bond motifs is 1. The Morgan fingerprint density at radius 1 is 1.30 bits per heavy atom. The van der Waals surface area contributed by atoms with Crippen molar-refractivity contribution in [3.05, 3.63) is 47.8 Å². The molecule has 1 aromatic carbocycles. The number of likely N-dealkylation sites (tertiary alicyclic amines) is 1. The van der Waals surface area contributed by atoms with Crippen LogP contribution in [0.2, 0.25) is 0 Å². The summed E-state index contributed by atoms with van der Waals surface area (Å²) in [6, 6.07) is 8.03. The first-order valence-electron chi connectivity index (χ1n) is 9.26. The number of ether oxygens (including phenoxy) is 2. The summed E-state index contributed by atoms with van der Waals surface area (Å²) in [6.07, 6.45) is 4.33. The number of benzene rings is 1. The molecule has 2 aliphatic rings. The molecule has 1 saturated heterocycles. The number of amides is 1. The summed E-state index contributed by atoms with van der Waals surface area (Å²) in [6.45, 7) is 1.77. The Kier molecular flexibility index (Phi) is 4.94. The standard InChI is InChI=1S/C20H24N4O3/c1-23(2)17-11-21-12-18(22-17)27-15-7-9-24(13-15)20(25)19-16-6-4-3-5-14(16)8-10-26-19/h3-6,11-12,15,19H,7-10,13H2,1-2H3/t15-,19-/m1/s1. The molecule has 0 spiro atoms. The number of carbonyl (C=O) groups is 1. The van der Waals surface area contributed by atoms with Gasteiger partial charge in [-0.2, -0.15) is 4.98 Å². The molecule has 0 radical (unpaired) electrons. The van der Waals surface area contributed by atoms with Crippen LogP contribution in [0, 0.1) is 0 Å². The first kappa shape index (κ1) is 17.7. The monoisotopic (exact) mass is 368 g/mol. The molecule has 0 bridgehead atoms. The average Bonchev–Trinajstić information content (AvgIpc) is 3.15. The van der Waals surface area contributed by atoms with Gasteiger partial charge in [-0.25, -0.2) is 0 Å². The molecular weight excluding hydrogens is 344 g/mol. The van der Waals surface area contributed by atoms with Crippen molar-refractivity contribution in [2.45, 2.75) is 25.0 Å². The molecule has 27 heavy (non-hydrogen) atoms. The van der Waals surface area contributed by atoms with Gasteiger partial charge < -0.3 is 19.3 Å². The highest BCUT2D eigenvalue weighted by atomic mass is 16.5. The topological polar surface area (TPSA) is 67.8 Å². The van der Waals surface area contributed by atoms with Gasteiger partial charge in [0.15, 0.2) is 11.9 Å². The first-order valence-corrected chi connectivity index (χ1v) is 9.26. The maximum Gasteiger partial charge on any atom is 0.256 e. The van der Waals surface area contributed by atoms with Crippen LogP contribution in [0.25, 0.3) is 0 Å². The third kappa shape index (κ3) is 3.73. The Morgan fingerprint density at radius 3 is 3.00 bits per heavy atom. The third-order valence-corrected chi connectivity index (χ3v) is 5.02. The lowest BCUT2D eigenvalue weighted by Gasteiger charge is -2.28. The number of anilines is 1. The van der Waals surface area contributed by atoms with Gasteiger partial charge in [-0.05, 0) is 17.5 Å². The van der Waals surface area contributed by atoms with Gasteiger partial charge in [0.05, 0.1) is 25.5 Å². The average molecular weight is 368 g/mol. The van der Waals surface area contributed by atoms with Crippen LogP contribution < -0.4 is 9.64 Å². The molecule has 4 rings (SSSR count). The Bertz CT molecular complexity index is 826. The second-order valence-corrected chi connectivity index (χ2v) is 7.12. The zero-order valence-corrected chi connectivity index (χ0v) is 15.7. The second kappa shape index (κ2) is 7.52. The number of hydrogen-bond donors (Lipinski definition) is 0. The molecule has 0 N–H and O–H groups in total. The van der Waals surface area contributed by atoms with E-state index in [0.717, 1.165) is 24.2 Å². The largest absolute Gasteiger partial charge is 0.471 e. The van der Waals surface area contributed by atoms with E-state index in [1.807, 2.05) is 42.1 Å². The number of aromatic nitrogens is 2. The maximum atomic E-state index is 13.0. The Labute approximate surface area is 158 Å². The van der Waals surface area contributed by atoms with Gasteiger partial charge in [0.25, 0.3) is 5.91 Å². The molecule has 7 heteroatoms. The van der Waals surface area contributed by atoms with Crippen LogP contribution in [0.3, 0.4) is 0 Å². The zero-order chi connectivity index (χ0) is 18.8. The van der Waals surface area contributed by atoms with Gasteiger partial charge in [-0.15, -0.1) is 0 Å². The lowest BCUT2D eigenvalue weighted by molar-refractivity contribution is -0.144. The van der Waals surface area contributed by atoms with Crippen LogP contribution in [0.4, 0.5) is 5.82 Å². The molecule has 3 heterocycles. The van der Waals surface area contributed by atoms with Crippen molar-refractivity contribution >= 4 is 11.7 Å². The minimum atomic E-state index is -0.509. The molecule has 0 aliphatic carbocycles. The van der Waals surface area contributed by atoms with Crippen molar-refractivity contribution in [3.63, 3.8) is 0 Å². The third-order valence-electron chi connectivity index (χ3n) is 5.02. The van der Waals surface area contributed by atoms with Crippen LogP contribution in [0.5, 0.6) is 5.88 Å². The molecule has 1 fully saturated rings. The molecule has 142 valence electrons. The lowest BCUT2D eigenvalue weighted by atomic mass is 9.97. The van der Waals surface area contributed by atoms with E-state index < -0.39 is 6.10 Å².